The number of nitrogens with one attached hydrogen (secondary N) is 1. The van der Waals surface area contributed by atoms with Gasteiger partial charge in [0.15, 0.2) is 6.61 Å². The fourth-order valence-corrected chi connectivity index (χ4v) is 3.20. The van der Waals surface area contributed by atoms with Gasteiger partial charge in [-0.3, -0.25) is 9.69 Å². The molecule has 1 aliphatic heterocycles. The molecule has 0 unspecified atom stereocenters. The molecular formula is C21H25ClN2O3. The van der Waals surface area contributed by atoms with Crippen molar-refractivity contribution >= 4 is 17.5 Å². The highest BCUT2D eigenvalue weighted by Crippen LogP contribution is 2.23. The number of carbonyl (C=O) groups is 1. The van der Waals surface area contributed by atoms with E-state index in [1.54, 1.807) is 0 Å². The molecule has 5 nitrogen and oxygen atoms in total. The quantitative estimate of drug-likeness (QED) is 0.791. The van der Waals surface area contributed by atoms with Crippen LogP contribution in [0.5, 0.6) is 5.75 Å². The summed E-state index contributed by atoms with van der Waals surface area (Å²) >= 11 is 6.02. The maximum Gasteiger partial charge on any atom is 0.258 e. The lowest BCUT2D eigenvalue weighted by Crippen LogP contribution is -2.44. The van der Waals surface area contributed by atoms with E-state index in [4.69, 9.17) is 21.1 Å². The van der Waals surface area contributed by atoms with Crippen LogP contribution in [0, 0.1) is 6.92 Å². The third-order valence-corrected chi connectivity index (χ3v) is 4.88. The van der Waals surface area contributed by atoms with Crippen molar-refractivity contribution in [2.24, 2.45) is 0 Å². The van der Waals surface area contributed by atoms with Gasteiger partial charge in [-0.05, 0) is 36.8 Å². The van der Waals surface area contributed by atoms with Crippen LogP contribution < -0.4 is 10.1 Å². The summed E-state index contributed by atoms with van der Waals surface area (Å²) in [5.74, 6) is 0.556. The number of amides is 1. The minimum Gasteiger partial charge on any atom is -0.484 e. The minimum atomic E-state index is -0.136. The predicted octanol–water partition coefficient (Wildman–Crippen LogP) is 3.22. The number of ether oxygens (including phenoxy) is 2. The fourth-order valence-electron chi connectivity index (χ4n) is 3.08. The first kappa shape index (κ1) is 19.7. The number of hydrogen-bond donors (Lipinski definition) is 1. The Morgan fingerprint density at radius 1 is 1.15 bits per heavy atom. The van der Waals surface area contributed by atoms with Crippen molar-refractivity contribution in [3.63, 3.8) is 0 Å². The normalized spacial score (nSPS) is 15.9. The molecular weight excluding hydrogens is 364 g/mol. The first-order valence-electron chi connectivity index (χ1n) is 9.15. The number of morpholine rings is 1. The molecule has 1 atom stereocenters. The average Bonchev–Trinajstić information content (AvgIpc) is 2.70. The summed E-state index contributed by atoms with van der Waals surface area (Å²) < 4.78 is 11.0. The van der Waals surface area contributed by atoms with Crippen molar-refractivity contribution in [2.75, 3.05) is 39.5 Å². The van der Waals surface area contributed by atoms with Gasteiger partial charge in [-0.1, -0.05) is 41.4 Å². The van der Waals surface area contributed by atoms with Gasteiger partial charge in [-0.2, -0.15) is 0 Å². The highest BCUT2D eigenvalue weighted by Gasteiger charge is 2.23. The summed E-state index contributed by atoms with van der Waals surface area (Å²) in [6, 6.07) is 15.5. The van der Waals surface area contributed by atoms with Gasteiger partial charge in [0.25, 0.3) is 5.91 Å². The van der Waals surface area contributed by atoms with Crippen molar-refractivity contribution < 1.29 is 14.3 Å². The summed E-state index contributed by atoms with van der Waals surface area (Å²) in [6.07, 6.45) is 0. The third kappa shape index (κ3) is 5.96. The van der Waals surface area contributed by atoms with Crippen LogP contribution in [0.4, 0.5) is 0 Å². The molecule has 3 rings (SSSR count). The zero-order valence-electron chi connectivity index (χ0n) is 15.5. The summed E-state index contributed by atoms with van der Waals surface area (Å²) in [7, 11) is 0. The van der Waals surface area contributed by atoms with E-state index in [9.17, 15) is 4.79 Å². The van der Waals surface area contributed by atoms with E-state index in [1.165, 1.54) is 0 Å². The molecule has 1 heterocycles. The monoisotopic (exact) mass is 388 g/mol. The number of carbonyl (C=O) groups excluding carboxylic acids is 1. The van der Waals surface area contributed by atoms with Gasteiger partial charge < -0.3 is 14.8 Å². The summed E-state index contributed by atoms with van der Waals surface area (Å²) in [4.78, 5) is 14.6. The predicted molar refractivity (Wildman–Crippen MR) is 106 cm³/mol. The molecule has 0 radical (unpaired) electrons. The first-order valence-corrected chi connectivity index (χ1v) is 9.53. The van der Waals surface area contributed by atoms with E-state index in [0.29, 0.717) is 30.5 Å². The van der Waals surface area contributed by atoms with E-state index in [1.807, 2.05) is 55.5 Å². The number of halogens is 1. The topological polar surface area (TPSA) is 50.8 Å². The Hall–Kier alpha value is -2.08. The van der Waals surface area contributed by atoms with Gasteiger partial charge >= 0.3 is 0 Å². The van der Waals surface area contributed by atoms with Crippen LogP contribution in [-0.2, 0) is 9.53 Å². The molecule has 0 aromatic heterocycles. The third-order valence-electron chi connectivity index (χ3n) is 4.62. The lowest BCUT2D eigenvalue weighted by atomic mass is 10.0. The molecule has 0 bridgehead atoms. The molecule has 2 aromatic rings. The standard InChI is InChI=1S/C21H25ClN2O3/c1-16-2-8-19(9-3-16)27-15-21(25)23-14-20(24-10-12-26-13-11-24)17-4-6-18(22)7-5-17/h2-9,20H,10-15H2,1H3,(H,23,25)/t20-/m1/s1. The Balaban J connectivity index is 1.57. The van der Waals surface area contributed by atoms with Crippen molar-refractivity contribution in [1.82, 2.24) is 10.2 Å². The molecule has 0 spiro atoms. The number of nitrogens with zero attached hydrogens (tertiary/aromatic N) is 1. The van der Waals surface area contributed by atoms with Gasteiger partial charge in [0.1, 0.15) is 5.75 Å². The maximum atomic E-state index is 12.3. The number of benzene rings is 2. The molecule has 144 valence electrons. The van der Waals surface area contributed by atoms with Crippen molar-refractivity contribution in [1.29, 1.82) is 0 Å². The molecule has 1 aliphatic rings. The fraction of sp³-hybridized carbons (Fsp3) is 0.381. The Morgan fingerprint density at radius 3 is 2.48 bits per heavy atom. The molecule has 1 amide bonds. The number of aryl methyl sites for hydroxylation is 1. The van der Waals surface area contributed by atoms with Gasteiger partial charge in [0, 0.05) is 24.7 Å². The molecule has 6 heteroatoms. The molecule has 27 heavy (non-hydrogen) atoms. The second-order valence-electron chi connectivity index (χ2n) is 6.62. The first-order chi connectivity index (χ1) is 13.1. The molecule has 1 N–H and O–H groups in total. The Kier molecular flexibility index (Phi) is 7.10. The summed E-state index contributed by atoms with van der Waals surface area (Å²) in [5.41, 5.74) is 2.28. The summed E-state index contributed by atoms with van der Waals surface area (Å²) in [5, 5.41) is 3.70. The molecule has 1 saturated heterocycles. The van der Waals surface area contributed by atoms with Crippen LogP contribution in [-0.4, -0.2) is 50.3 Å². The number of rotatable bonds is 7. The van der Waals surface area contributed by atoms with E-state index in [-0.39, 0.29) is 18.6 Å². The summed E-state index contributed by atoms with van der Waals surface area (Å²) in [6.45, 7) is 5.60. The Morgan fingerprint density at radius 2 is 1.81 bits per heavy atom. The van der Waals surface area contributed by atoms with Crippen LogP contribution in [0.15, 0.2) is 48.5 Å². The average molecular weight is 389 g/mol. The van der Waals surface area contributed by atoms with Crippen molar-refractivity contribution in [3.05, 3.63) is 64.7 Å². The van der Waals surface area contributed by atoms with Gasteiger partial charge in [-0.25, -0.2) is 0 Å². The van der Waals surface area contributed by atoms with Crippen LogP contribution >= 0.6 is 11.6 Å². The number of hydrogen-bond acceptors (Lipinski definition) is 4. The Bertz CT molecular complexity index is 728. The SMILES string of the molecule is Cc1ccc(OCC(=O)NC[C@H](c2ccc(Cl)cc2)N2CCOCC2)cc1. The second-order valence-corrected chi connectivity index (χ2v) is 7.06. The minimum absolute atomic E-state index is 0.000486. The van der Waals surface area contributed by atoms with Crippen LogP contribution in [0.1, 0.15) is 17.2 Å². The molecule has 0 aliphatic carbocycles. The van der Waals surface area contributed by atoms with Crippen LogP contribution in [0.3, 0.4) is 0 Å². The van der Waals surface area contributed by atoms with E-state index in [2.05, 4.69) is 10.2 Å². The van der Waals surface area contributed by atoms with Gasteiger partial charge in [0.2, 0.25) is 0 Å². The molecule has 0 saturated carbocycles. The Labute approximate surface area is 165 Å². The van der Waals surface area contributed by atoms with E-state index in [0.717, 1.165) is 24.2 Å². The lowest BCUT2D eigenvalue weighted by molar-refractivity contribution is -0.123. The smallest absolute Gasteiger partial charge is 0.258 e. The zero-order valence-corrected chi connectivity index (χ0v) is 16.2. The second kappa shape index (κ2) is 9.74. The lowest BCUT2D eigenvalue weighted by Gasteiger charge is -2.35. The van der Waals surface area contributed by atoms with Crippen LogP contribution in [0.25, 0.3) is 0 Å². The highest BCUT2D eigenvalue weighted by atomic mass is 35.5. The van der Waals surface area contributed by atoms with Crippen molar-refractivity contribution in [3.8, 4) is 5.75 Å². The van der Waals surface area contributed by atoms with E-state index < -0.39 is 0 Å². The van der Waals surface area contributed by atoms with Gasteiger partial charge in [-0.15, -0.1) is 0 Å². The zero-order chi connectivity index (χ0) is 19.1. The molecule has 1 fully saturated rings. The van der Waals surface area contributed by atoms with Gasteiger partial charge in [0.05, 0.1) is 19.3 Å². The highest BCUT2D eigenvalue weighted by molar-refractivity contribution is 6.30. The largest absolute Gasteiger partial charge is 0.484 e. The van der Waals surface area contributed by atoms with Crippen LogP contribution in [0.2, 0.25) is 5.02 Å². The van der Waals surface area contributed by atoms with E-state index >= 15 is 0 Å². The maximum absolute atomic E-state index is 12.3. The molecule has 2 aromatic carbocycles. The van der Waals surface area contributed by atoms with Crippen molar-refractivity contribution in [2.45, 2.75) is 13.0 Å².